The molecule has 4 nitrogen and oxygen atoms in total. The Bertz CT molecular complexity index is 429. The molecule has 1 rings (SSSR count). The number of ether oxygens (including phenoxy) is 1. The molecule has 21 heavy (non-hydrogen) atoms. The van der Waals surface area contributed by atoms with Crippen molar-refractivity contribution in [3.8, 4) is 5.75 Å². The maximum absolute atomic E-state index is 6.07. The zero-order valence-corrected chi connectivity index (χ0v) is 15.7. The van der Waals surface area contributed by atoms with Crippen molar-refractivity contribution in [2.45, 2.75) is 39.2 Å². The fourth-order valence-corrected chi connectivity index (χ4v) is 1.80. The second-order valence-corrected chi connectivity index (χ2v) is 4.99. The van der Waals surface area contributed by atoms with Crippen LogP contribution in [-0.2, 0) is 0 Å². The number of nitrogens with two attached hydrogens (primary N) is 1. The first-order valence-electron chi connectivity index (χ1n) is 7.12. The van der Waals surface area contributed by atoms with Crippen LogP contribution in [0, 0.1) is 0 Å². The Morgan fingerprint density at radius 2 is 2.10 bits per heavy atom. The molecule has 1 aromatic rings. The van der Waals surface area contributed by atoms with E-state index in [1.807, 2.05) is 24.3 Å². The molecular weight excluding hydrogens is 401 g/mol. The van der Waals surface area contributed by atoms with Crippen LogP contribution in [0.2, 0.25) is 5.02 Å². The number of rotatable bonds is 8. The van der Waals surface area contributed by atoms with Gasteiger partial charge in [-0.1, -0.05) is 44.0 Å². The molecule has 0 aliphatic rings. The van der Waals surface area contributed by atoms with Crippen LogP contribution in [-0.4, -0.2) is 25.2 Å². The molecule has 0 spiro atoms. The van der Waals surface area contributed by atoms with E-state index in [2.05, 4.69) is 24.2 Å². The van der Waals surface area contributed by atoms with Gasteiger partial charge in [-0.2, -0.15) is 0 Å². The second kappa shape index (κ2) is 11.9. The predicted octanol–water partition coefficient (Wildman–Crippen LogP) is 3.82. The number of aliphatic imine (C=N–C) groups is 1. The summed E-state index contributed by atoms with van der Waals surface area (Å²) in [5.41, 5.74) is 5.80. The van der Waals surface area contributed by atoms with E-state index in [0.717, 1.165) is 25.8 Å². The van der Waals surface area contributed by atoms with E-state index in [9.17, 15) is 0 Å². The van der Waals surface area contributed by atoms with Crippen molar-refractivity contribution in [2.24, 2.45) is 10.7 Å². The van der Waals surface area contributed by atoms with Gasteiger partial charge in [0, 0.05) is 6.54 Å². The van der Waals surface area contributed by atoms with Crippen LogP contribution in [0.3, 0.4) is 0 Å². The average molecular weight is 426 g/mol. The lowest BCUT2D eigenvalue weighted by Crippen LogP contribution is -2.33. The molecule has 0 fully saturated rings. The van der Waals surface area contributed by atoms with Gasteiger partial charge in [0.25, 0.3) is 0 Å². The monoisotopic (exact) mass is 425 g/mol. The minimum Gasteiger partial charge on any atom is -0.487 e. The van der Waals surface area contributed by atoms with Gasteiger partial charge in [-0.25, -0.2) is 4.99 Å². The number of halogens is 2. The minimum absolute atomic E-state index is 0. The lowest BCUT2D eigenvalue weighted by Gasteiger charge is -2.17. The molecule has 0 radical (unpaired) electrons. The molecule has 3 N–H and O–H groups in total. The van der Waals surface area contributed by atoms with Crippen LogP contribution in [0.1, 0.15) is 33.1 Å². The molecule has 0 heterocycles. The summed E-state index contributed by atoms with van der Waals surface area (Å²) >= 11 is 6.07. The third kappa shape index (κ3) is 8.36. The highest BCUT2D eigenvalue weighted by Gasteiger charge is 2.09. The molecule has 1 unspecified atom stereocenters. The summed E-state index contributed by atoms with van der Waals surface area (Å²) in [6.07, 6.45) is 3.04. The first kappa shape index (κ1) is 20.3. The number of para-hydroxylation sites is 1. The summed E-state index contributed by atoms with van der Waals surface area (Å²) in [7, 11) is 0. The van der Waals surface area contributed by atoms with E-state index in [4.69, 9.17) is 22.1 Å². The third-order valence-electron chi connectivity index (χ3n) is 2.89. The number of benzene rings is 1. The Balaban J connectivity index is 0.00000400. The summed E-state index contributed by atoms with van der Waals surface area (Å²) < 4.78 is 5.85. The standard InChI is InChI=1S/C15H24ClN3O.HI/c1-3-5-10-18-15(17)19-11-12(4-2)20-14-9-7-6-8-13(14)16;/h6-9,12H,3-5,10-11H2,1-2H3,(H3,17,18,19);1H. The van der Waals surface area contributed by atoms with E-state index in [0.29, 0.717) is 23.3 Å². The molecule has 0 saturated heterocycles. The maximum atomic E-state index is 6.07. The Morgan fingerprint density at radius 3 is 2.71 bits per heavy atom. The zero-order valence-electron chi connectivity index (χ0n) is 12.6. The van der Waals surface area contributed by atoms with E-state index in [1.54, 1.807) is 0 Å². The second-order valence-electron chi connectivity index (χ2n) is 4.58. The summed E-state index contributed by atoms with van der Waals surface area (Å²) in [5.74, 6) is 1.16. The normalized spacial score (nSPS) is 12.4. The van der Waals surface area contributed by atoms with Gasteiger partial charge in [0.15, 0.2) is 5.96 Å². The molecule has 120 valence electrons. The van der Waals surface area contributed by atoms with Gasteiger partial charge < -0.3 is 15.8 Å². The third-order valence-corrected chi connectivity index (χ3v) is 3.20. The van der Waals surface area contributed by atoms with Crippen molar-refractivity contribution in [2.75, 3.05) is 13.1 Å². The lowest BCUT2D eigenvalue weighted by atomic mass is 10.2. The molecule has 1 atom stereocenters. The van der Waals surface area contributed by atoms with Crippen molar-refractivity contribution >= 4 is 41.5 Å². The number of unbranched alkanes of at least 4 members (excludes halogenated alkanes) is 1. The van der Waals surface area contributed by atoms with Gasteiger partial charge in [-0.3, -0.25) is 0 Å². The van der Waals surface area contributed by atoms with Crippen LogP contribution in [0.5, 0.6) is 5.75 Å². The summed E-state index contributed by atoms with van der Waals surface area (Å²) in [6.45, 7) is 5.57. The van der Waals surface area contributed by atoms with Crippen LogP contribution in [0.4, 0.5) is 0 Å². The first-order chi connectivity index (χ1) is 9.67. The van der Waals surface area contributed by atoms with E-state index in [1.165, 1.54) is 0 Å². The molecular formula is C15H25ClIN3O. The average Bonchev–Trinajstić information content (AvgIpc) is 2.45. The molecule has 0 amide bonds. The van der Waals surface area contributed by atoms with Gasteiger partial charge in [-0.05, 0) is 25.0 Å². The first-order valence-corrected chi connectivity index (χ1v) is 7.50. The number of nitrogens with one attached hydrogen (secondary N) is 1. The number of hydrogen-bond acceptors (Lipinski definition) is 2. The molecule has 0 aliphatic heterocycles. The molecule has 0 aliphatic carbocycles. The Morgan fingerprint density at radius 1 is 1.38 bits per heavy atom. The predicted molar refractivity (Wildman–Crippen MR) is 101 cm³/mol. The number of nitrogens with zero attached hydrogens (tertiary/aromatic N) is 1. The highest BCUT2D eigenvalue weighted by molar-refractivity contribution is 14.0. The van der Waals surface area contributed by atoms with E-state index >= 15 is 0 Å². The van der Waals surface area contributed by atoms with Crippen LogP contribution in [0.25, 0.3) is 0 Å². The van der Waals surface area contributed by atoms with E-state index in [-0.39, 0.29) is 30.1 Å². The van der Waals surface area contributed by atoms with Crippen molar-refractivity contribution in [1.82, 2.24) is 5.32 Å². The van der Waals surface area contributed by atoms with E-state index < -0.39 is 0 Å². The Kier molecular flexibility index (Phi) is 11.5. The molecule has 1 aromatic carbocycles. The van der Waals surface area contributed by atoms with Crippen molar-refractivity contribution in [1.29, 1.82) is 0 Å². The fourth-order valence-electron chi connectivity index (χ4n) is 1.62. The summed E-state index contributed by atoms with van der Waals surface area (Å²) in [5, 5.41) is 3.70. The van der Waals surface area contributed by atoms with Gasteiger partial charge >= 0.3 is 0 Å². The topological polar surface area (TPSA) is 59.6 Å². The van der Waals surface area contributed by atoms with Gasteiger partial charge in [-0.15, -0.1) is 24.0 Å². The van der Waals surface area contributed by atoms with Crippen LogP contribution >= 0.6 is 35.6 Å². The summed E-state index contributed by atoms with van der Waals surface area (Å²) in [6, 6.07) is 7.45. The maximum Gasteiger partial charge on any atom is 0.188 e. The quantitative estimate of drug-likeness (QED) is 0.288. The van der Waals surface area contributed by atoms with Gasteiger partial charge in [0.2, 0.25) is 0 Å². The van der Waals surface area contributed by atoms with Crippen molar-refractivity contribution in [3.05, 3.63) is 29.3 Å². The molecule has 6 heteroatoms. The van der Waals surface area contributed by atoms with Crippen molar-refractivity contribution < 1.29 is 4.74 Å². The molecule has 0 bridgehead atoms. The SMILES string of the molecule is CCCCNC(N)=NCC(CC)Oc1ccccc1Cl.I. The minimum atomic E-state index is -0.0265. The van der Waals surface area contributed by atoms with Crippen LogP contribution < -0.4 is 15.8 Å². The smallest absolute Gasteiger partial charge is 0.188 e. The summed E-state index contributed by atoms with van der Waals surface area (Å²) in [4.78, 5) is 4.31. The van der Waals surface area contributed by atoms with Crippen LogP contribution in [0.15, 0.2) is 29.3 Å². The van der Waals surface area contributed by atoms with Gasteiger partial charge in [0.1, 0.15) is 11.9 Å². The fraction of sp³-hybridized carbons (Fsp3) is 0.533. The highest BCUT2D eigenvalue weighted by atomic mass is 127. The highest BCUT2D eigenvalue weighted by Crippen LogP contribution is 2.24. The van der Waals surface area contributed by atoms with Crippen molar-refractivity contribution in [3.63, 3.8) is 0 Å². The van der Waals surface area contributed by atoms with Gasteiger partial charge in [0.05, 0.1) is 11.6 Å². The zero-order chi connectivity index (χ0) is 14.8. The largest absolute Gasteiger partial charge is 0.487 e. The lowest BCUT2D eigenvalue weighted by molar-refractivity contribution is 0.206. The Labute approximate surface area is 149 Å². The molecule has 0 saturated carbocycles. The number of guanidine groups is 1. The Hall–Kier alpha value is -0.690. The number of hydrogen-bond donors (Lipinski definition) is 2. The molecule has 0 aromatic heterocycles.